The van der Waals surface area contributed by atoms with Gasteiger partial charge in [-0.3, -0.25) is 4.18 Å². The maximum absolute atomic E-state index is 12.2. The van der Waals surface area contributed by atoms with Gasteiger partial charge in [0.25, 0.3) is 10.1 Å². The fourth-order valence-corrected chi connectivity index (χ4v) is 11.5. The Balaban J connectivity index is 0.000000275. The topological polar surface area (TPSA) is 168 Å². The quantitative estimate of drug-likeness (QED) is 0.186. The molecule has 3 heterocycles. The molecule has 3 aromatic rings. The number of nitrogens with zero attached hydrogens (tertiary/aromatic N) is 3. The molecule has 1 saturated carbocycles. The van der Waals surface area contributed by atoms with Crippen LogP contribution < -0.4 is 14.2 Å². The minimum absolute atomic E-state index is 0. The molecule has 3 aromatic carbocycles. The highest BCUT2D eigenvalue weighted by Gasteiger charge is 2.31. The molecule has 3 saturated heterocycles. The van der Waals surface area contributed by atoms with Crippen LogP contribution in [0.3, 0.4) is 0 Å². The van der Waals surface area contributed by atoms with Crippen molar-refractivity contribution in [3.8, 4) is 17.2 Å². The Hall–Kier alpha value is -2.85. The largest absolute Gasteiger partial charge is 0.490 e. The van der Waals surface area contributed by atoms with E-state index < -0.39 is 43.5 Å². The number of aryl methyl sites for hydroxylation is 6. The Kier molecular flexibility index (Phi) is 27.6. The molecule has 3 aliphatic heterocycles. The third-order valence-corrected chi connectivity index (χ3v) is 18.5. The standard InChI is InChI=1S/C18H26BrNO3.C14H20BrNO3S.C14H19BrO.C11H21NO5S.ClH/c1-12-9-15(10-13(2)16(12)19)22-14-7-6-8-20(11-14)17(21)23-18(3,4)5;1-10-7-13(8-11(2)14(10)15)19-12-5-4-6-16(9-12)20(3,17)18;1-10-8-13(9-11(2)14(10)15)16-12-6-4-3-5-7-12;1-11(2,3)16-10(13)12-7-5-6-9(8-12)17-18(4,14)15;/h9-10,14H,6-8,11H2,1-5H3;7-8,12H,4-6,9H2,1-3H3;8-9,12H,3-7H2,1-2H3;9H,5-8H2,1-4H3;1H/t14-;12-;;9-;/m11.0./s1. The van der Waals surface area contributed by atoms with E-state index in [1.807, 2.05) is 58.9 Å². The molecule has 0 spiro atoms. The van der Waals surface area contributed by atoms with E-state index in [-0.39, 0.29) is 37.3 Å². The number of rotatable bonds is 9. The zero-order valence-corrected chi connectivity index (χ0v) is 55.6. The fraction of sp³-hybridized carbons (Fsp3) is 0.649. The van der Waals surface area contributed by atoms with E-state index in [4.69, 9.17) is 27.9 Å². The van der Waals surface area contributed by atoms with Crippen LogP contribution in [-0.2, 0) is 33.8 Å². The molecular formula is C57H87Br3ClN3O12S2. The molecule has 0 aromatic heterocycles. The monoisotopic (exact) mass is 1340 g/mol. The van der Waals surface area contributed by atoms with E-state index in [2.05, 4.69) is 87.6 Å². The molecule has 442 valence electrons. The lowest BCUT2D eigenvalue weighted by Crippen LogP contribution is -2.46. The lowest BCUT2D eigenvalue weighted by molar-refractivity contribution is 0.00742. The van der Waals surface area contributed by atoms with Gasteiger partial charge in [-0.1, -0.05) is 54.2 Å². The van der Waals surface area contributed by atoms with Crippen LogP contribution in [0.15, 0.2) is 49.8 Å². The van der Waals surface area contributed by atoms with Gasteiger partial charge in [0.1, 0.15) is 40.7 Å². The summed E-state index contributed by atoms with van der Waals surface area (Å²) in [5, 5.41) is 0. The number of carbonyl (C=O) groups is 2. The van der Waals surface area contributed by atoms with Crippen molar-refractivity contribution < 1.29 is 54.3 Å². The van der Waals surface area contributed by atoms with Gasteiger partial charge in [-0.25, -0.2) is 18.0 Å². The Morgan fingerprint density at radius 1 is 0.474 bits per heavy atom. The van der Waals surface area contributed by atoms with Crippen LogP contribution in [0, 0.1) is 41.5 Å². The van der Waals surface area contributed by atoms with Crippen LogP contribution in [0.4, 0.5) is 9.59 Å². The molecule has 7 rings (SSSR count). The number of benzene rings is 3. The van der Waals surface area contributed by atoms with Crippen LogP contribution in [0.1, 0.15) is 146 Å². The van der Waals surface area contributed by atoms with Gasteiger partial charge in [0.15, 0.2) is 0 Å². The minimum atomic E-state index is -3.49. The highest BCUT2D eigenvalue weighted by molar-refractivity contribution is 9.11. The third kappa shape index (κ3) is 24.7. The number of carbonyl (C=O) groups excluding carboxylic acids is 2. The van der Waals surface area contributed by atoms with Crippen molar-refractivity contribution in [2.45, 2.75) is 189 Å². The average Bonchev–Trinajstić information content (AvgIpc) is 3.31. The molecular weight excluding hydrogens is 1260 g/mol. The lowest BCUT2D eigenvalue weighted by Gasteiger charge is -2.34. The van der Waals surface area contributed by atoms with Crippen molar-refractivity contribution in [2.75, 3.05) is 51.8 Å². The molecule has 4 aliphatic rings. The van der Waals surface area contributed by atoms with Gasteiger partial charge in [-0.15, -0.1) is 12.4 Å². The first-order valence-electron chi connectivity index (χ1n) is 26.8. The van der Waals surface area contributed by atoms with Crippen LogP contribution >= 0.6 is 60.2 Å². The van der Waals surface area contributed by atoms with Crippen molar-refractivity contribution in [1.29, 1.82) is 0 Å². The number of hydrogen-bond acceptors (Lipinski definition) is 12. The van der Waals surface area contributed by atoms with E-state index in [1.165, 1.54) is 63.2 Å². The zero-order chi connectivity index (χ0) is 57.6. The summed E-state index contributed by atoms with van der Waals surface area (Å²) in [6.07, 6.45) is 12.9. The number of halogens is 4. The van der Waals surface area contributed by atoms with E-state index >= 15 is 0 Å². The first kappa shape index (κ1) is 69.4. The summed E-state index contributed by atoms with van der Waals surface area (Å²) in [5.41, 5.74) is 6.04. The number of piperidine rings is 3. The predicted octanol–water partition coefficient (Wildman–Crippen LogP) is 14.3. The van der Waals surface area contributed by atoms with Crippen LogP contribution in [0.25, 0.3) is 0 Å². The molecule has 78 heavy (non-hydrogen) atoms. The van der Waals surface area contributed by atoms with Gasteiger partial charge in [0, 0.05) is 33.1 Å². The second-order valence-corrected chi connectivity index (χ2v) is 28.8. The molecule has 21 heteroatoms. The van der Waals surface area contributed by atoms with Crippen LogP contribution in [-0.4, -0.2) is 131 Å². The van der Waals surface area contributed by atoms with Gasteiger partial charge in [-0.2, -0.15) is 12.7 Å². The lowest BCUT2D eigenvalue weighted by atomic mass is 9.98. The van der Waals surface area contributed by atoms with Crippen molar-refractivity contribution in [3.05, 3.63) is 83.2 Å². The highest BCUT2D eigenvalue weighted by atomic mass is 79.9. The first-order chi connectivity index (χ1) is 35.7. The average molecular weight is 1350 g/mol. The van der Waals surface area contributed by atoms with Gasteiger partial charge in [0.2, 0.25) is 10.0 Å². The van der Waals surface area contributed by atoms with Crippen molar-refractivity contribution in [2.24, 2.45) is 0 Å². The van der Waals surface area contributed by atoms with Gasteiger partial charge < -0.3 is 33.5 Å². The minimum Gasteiger partial charge on any atom is -0.490 e. The van der Waals surface area contributed by atoms with Gasteiger partial charge >= 0.3 is 12.2 Å². The van der Waals surface area contributed by atoms with Gasteiger partial charge in [-0.05, 0) is 217 Å². The Labute approximate surface area is 498 Å². The normalized spacial score (nSPS) is 19.5. The number of hydrogen-bond donors (Lipinski definition) is 0. The number of amides is 2. The molecule has 4 fully saturated rings. The summed E-state index contributed by atoms with van der Waals surface area (Å²) >= 11 is 10.7. The van der Waals surface area contributed by atoms with Gasteiger partial charge in [0.05, 0.1) is 44.4 Å². The molecule has 0 N–H and O–H groups in total. The maximum atomic E-state index is 12.2. The number of likely N-dealkylation sites (tertiary alicyclic amines) is 2. The summed E-state index contributed by atoms with van der Waals surface area (Å²) in [4.78, 5) is 27.3. The third-order valence-electron chi connectivity index (χ3n) is 12.9. The summed E-state index contributed by atoms with van der Waals surface area (Å²) < 4.78 is 83.9. The number of ether oxygens (including phenoxy) is 5. The highest BCUT2D eigenvalue weighted by Crippen LogP contribution is 2.32. The zero-order valence-electron chi connectivity index (χ0n) is 48.4. The smallest absolute Gasteiger partial charge is 0.410 e. The molecule has 0 unspecified atom stereocenters. The van der Waals surface area contributed by atoms with Crippen LogP contribution in [0.5, 0.6) is 17.2 Å². The van der Waals surface area contributed by atoms with E-state index in [9.17, 15) is 26.4 Å². The maximum Gasteiger partial charge on any atom is 0.410 e. The van der Waals surface area contributed by atoms with Crippen molar-refractivity contribution in [1.82, 2.24) is 14.1 Å². The van der Waals surface area contributed by atoms with Crippen molar-refractivity contribution >= 4 is 92.5 Å². The molecule has 0 bridgehead atoms. The molecule has 3 atom stereocenters. The summed E-state index contributed by atoms with van der Waals surface area (Å²) in [7, 11) is -6.62. The number of sulfonamides is 1. The van der Waals surface area contributed by atoms with E-state index in [0.717, 1.165) is 86.9 Å². The molecule has 15 nitrogen and oxygen atoms in total. The Morgan fingerprint density at radius 2 is 0.782 bits per heavy atom. The fourth-order valence-electron chi connectivity index (χ4n) is 9.27. The first-order valence-corrected chi connectivity index (χ1v) is 32.8. The molecule has 2 amide bonds. The molecule has 0 radical (unpaired) electrons. The summed E-state index contributed by atoms with van der Waals surface area (Å²) in [6, 6.07) is 12.3. The summed E-state index contributed by atoms with van der Waals surface area (Å²) in [5.74, 6) is 2.70. The van der Waals surface area contributed by atoms with Crippen LogP contribution in [0.2, 0.25) is 0 Å². The van der Waals surface area contributed by atoms with E-state index in [0.29, 0.717) is 45.1 Å². The Morgan fingerprint density at radius 3 is 1.13 bits per heavy atom. The summed E-state index contributed by atoms with van der Waals surface area (Å²) in [6.45, 7) is 26.6. The van der Waals surface area contributed by atoms with Crippen molar-refractivity contribution in [3.63, 3.8) is 0 Å². The SMILES string of the molecule is CC(C)(C)OC(=O)N1CCC[C@H](OS(C)(=O)=O)C1.Cc1cc(OC2CCCCC2)cc(C)c1Br.Cc1cc(O[C@@H]2CCCN(C(=O)OC(C)(C)C)C2)cc(C)c1Br.Cc1cc(O[C@@H]2CCCN(S(C)(=O)=O)C2)cc(C)c1Br.Cl. The predicted molar refractivity (Wildman–Crippen MR) is 324 cm³/mol. The van der Waals surface area contributed by atoms with E-state index in [1.54, 1.807) is 25.7 Å². The molecule has 1 aliphatic carbocycles. The second-order valence-electron chi connectivity index (χ2n) is 22.8. The Bertz CT molecular complexity index is 2610. The second kappa shape index (κ2) is 31.0.